The summed E-state index contributed by atoms with van der Waals surface area (Å²) in [6.45, 7) is 3.64. The first kappa shape index (κ1) is 4.63. The Morgan fingerprint density at radius 2 is 2.57 bits per heavy atom. The molecule has 1 rings (SSSR count). The molecule has 0 aromatic heterocycles. The van der Waals surface area contributed by atoms with Gasteiger partial charge < -0.3 is 0 Å². The Morgan fingerprint density at radius 1 is 1.71 bits per heavy atom. The largest absolute Gasteiger partial charge is 0.0988 e. The van der Waals surface area contributed by atoms with Crippen LogP contribution in [-0.2, 0) is 0 Å². The highest BCUT2D eigenvalue weighted by atomic mass is 14.0. The van der Waals surface area contributed by atoms with Gasteiger partial charge in [0.2, 0.25) is 0 Å². The van der Waals surface area contributed by atoms with Gasteiger partial charge in [-0.15, -0.1) is 0 Å². The zero-order valence-corrected chi connectivity index (χ0v) is 4.41. The predicted molar refractivity (Wildman–Crippen MR) is 30.8 cm³/mol. The highest BCUT2D eigenvalue weighted by molar-refractivity contribution is 5.15. The van der Waals surface area contributed by atoms with E-state index in [1.165, 1.54) is 18.4 Å². The lowest BCUT2D eigenvalue weighted by molar-refractivity contribution is 0.911. The first-order valence-corrected chi connectivity index (χ1v) is 2.65. The average Bonchev–Trinajstić information content (AvgIpc) is 2.14. The molecule has 0 nitrogen and oxygen atoms in total. The van der Waals surface area contributed by atoms with E-state index in [-0.39, 0.29) is 0 Å². The molecule has 7 heavy (non-hydrogen) atoms. The van der Waals surface area contributed by atoms with Crippen molar-refractivity contribution in [2.75, 3.05) is 0 Å². The van der Waals surface area contributed by atoms with Crippen molar-refractivity contribution in [3.63, 3.8) is 0 Å². The minimum Gasteiger partial charge on any atom is -0.0988 e. The van der Waals surface area contributed by atoms with Gasteiger partial charge in [-0.05, 0) is 30.9 Å². The summed E-state index contributed by atoms with van der Waals surface area (Å²) in [5.74, 6) is 0. The van der Waals surface area contributed by atoms with Gasteiger partial charge in [-0.1, -0.05) is 12.7 Å². The second-order valence-electron chi connectivity index (χ2n) is 1.76. The van der Waals surface area contributed by atoms with Crippen molar-refractivity contribution >= 4 is 0 Å². The van der Waals surface area contributed by atoms with Crippen LogP contribution in [0.25, 0.3) is 0 Å². The van der Waals surface area contributed by atoms with Crippen LogP contribution >= 0.6 is 0 Å². The van der Waals surface area contributed by atoms with Crippen molar-refractivity contribution in [2.24, 2.45) is 0 Å². The van der Waals surface area contributed by atoms with Gasteiger partial charge in [-0.3, -0.25) is 0 Å². The summed E-state index contributed by atoms with van der Waals surface area (Å²) in [4.78, 5) is 0. The predicted octanol–water partition coefficient (Wildman–Crippen LogP) is 2.09. The third-order valence-electron chi connectivity index (χ3n) is 1.22. The van der Waals surface area contributed by atoms with Gasteiger partial charge >= 0.3 is 0 Å². The minimum absolute atomic E-state index is 1.14. The molecule has 0 aromatic rings. The van der Waals surface area contributed by atoms with Crippen molar-refractivity contribution in [3.8, 4) is 0 Å². The lowest BCUT2D eigenvalue weighted by Crippen LogP contribution is -1.63. The summed E-state index contributed by atoms with van der Waals surface area (Å²) < 4.78 is 0. The van der Waals surface area contributed by atoms with Gasteiger partial charge in [0.25, 0.3) is 0 Å². The summed E-state index contributed by atoms with van der Waals surface area (Å²) in [5.41, 5.74) is 1.31. The van der Waals surface area contributed by atoms with Crippen LogP contribution in [0, 0.1) is 6.08 Å². The standard InChI is InChI=1S/C7H9/c1-2-7-5-3-4-6-7/h2H,1,3-5H2. The number of rotatable bonds is 1. The quantitative estimate of drug-likeness (QED) is 0.465. The molecular formula is C7H9. The van der Waals surface area contributed by atoms with Crippen LogP contribution in [0.4, 0.5) is 0 Å². The van der Waals surface area contributed by atoms with E-state index in [2.05, 4.69) is 12.7 Å². The molecule has 1 aliphatic carbocycles. The minimum atomic E-state index is 1.14. The first-order chi connectivity index (χ1) is 3.43. The molecule has 0 heterocycles. The van der Waals surface area contributed by atoms with Crippen molar-refractivity contribution in [3.05, 3.63) is 24.3 Å². The van der Waals surface area contributed by atoms with E-state index in [1.807, 2.05) is 6.08 Å². The van der Waals surface area contributed by atoms with Crippen LogP contribution < -0.4 is 0 Å². The fourth-order valence-electron chi connectivity index (χ4n) is 0.790. The molecule has 0 aromatic carbocycles. The Hall–Kier alpha value is -0.520. The summed E-state index contributed by atoms with van der Waals surface area (Å²) in [5, 5.41) is 0. The molecule has 0 amide bonds. The van der Waals surface area contributed by atoms with Crippen LogP contribution in [0.5, 0.6) is 0 Å². The van der Waals surface area contributed by atoms with Crippen molar-refractivity contribution in [1.82, 2.24) is 0 Å². The van der Waals surface area contributed by atoms with Gasteiger partial charge in [-0.25, -0.2) is 0 Å². The molecule has 0 saturated carbocycles. The van der Waals surface area contributed by atoms with Gasteiger partial charge in [0.1, 0.15) is 0 Å². The normalized spacial score (nSPS) is 19.1. The highest BCUT2D eigenvalue weighted by Crippen LogP contribution is 2.16. The van der Waals surface area contributed by atoms with Crippen LogP contribution in [0.1, 0.15) is 19.3 Å². The molecule has 0 N–H and O–H groups in total. The van der Waals surface area contributed by atoms with Gasteiger partial charge in [0.15, 0.2) is 0 Å². The molecule has 0 bridgehead atoms. The summed E-state index contributed by atoms with van der Waals surface area (Å²) >= 11 is 0. The summed E-state index contributed by atoms with van der Waals surface area (Å²) in [7, 11) is 0. The Bertz CT molecular complexity index is 98.6. The maximum Gasteiger partial charge on any atom is -0.0270 e. The summed E-state index contributed by atoms with van der Waals surface area (Å²) in [6, 6.07) is 0. The zero-order valence-electron chi connectivity index (χ0n) is 4.41. The molecule has 1 aliphatic rings. The second-order valence-corrected chi connectivity index (χ2v) is 1.76. The molecule has 37 valence electrons. The fourth-order valence-corrected chi connectivity index (χ4v) is 0.790. The topological polar surface area (TPSA) is 0 Å². The maximum atomic E-state index is 3.64. The molecule has 0 heteroatoms. The highest BCUT2D eigenvalue weighted by Gasteiger charge is 1.98. The Morgan fingerprint density at radius 3 is 2.86 bits per heavy atom. The first-order valence-electron chi connectivity index (χ1n) is 2.65. The Labute approximate surface area is 44.5 Å². The maximum absolute atomic E-state index is 3.64. The van der Waals surface area contributed by atoms with E-state index in [1.54, 1.807) is 0 Å². The van der Waals surface area contributed by atoms with E-state index in [4.69, 9.17) is 0 Å². The smallest absolute Gasteiger partial charge is 0.0270 e. The molecule has 0 spiro atoms. The SMILES string of the molecule is C=CC1=[C]CCC1. The molecular weight excluding hydrogens is 84.1 g/mol. The molecule has 0 aliphatic heterocycles. The average molecular weight is 93.1 g/mol. The molecule has 0 fully saturated rings. The van der Waals surface area contributed by atoms with Gasteiger partial charge in [-0.2, -0.15) is 0 Å². The van der Waals surface area contributed by atoms with Crippen LogP contribution in [0.2, 0.25) is 0 Å². The van der Waals surface area contributed by atoms with E-state index in [9.17, 15) is 0 Å². The number of hydrogen-bond acceptors (Lipinski definition) is 0. The Balaban J connectivity index is 2.51. The monoisotopic (exact) mass is 93.1 g/mol. The van der Waals surface area contributed by atoms with Gasteiger partial charge in [0, 0.05) is 0 Å². The van der Waals surface area contributed by atoms with Crippen LogP contribution in [0.15, 0.2) is 18.2 Å². The molecule has 0 unspecified atom stereocenters. The van der Waals surface area contributed by atoms with E-state index in [0.29, 0.717) is 0 Å². The van der Waals surface area contributed by atoms with E-state index < -0.39 is 0 Å². The third-order valence-corrected chi connectivity index (χ3v) is 1.22. The fraction of sp³-hybridized carbons (Fsp3) is 0.429. The zero-order chi connectivity index (χ0) is 5.11. The lowest BCUT2D eigenvalue weighted by atomic mass is 10.2. The number of hydrogen-bond donors (Lipinski definition) is 0. The summed E-state index contributed by atoms with van der Waals surface area (Å²) in [6.07, 6.45) is 8.72. The second kappa shape index (κ2) is 1.97. The molecule has 0 atom stereocenters. The van der Waals surface area contributed by atoms with Crippen LogP contribution in [-0.4, -0.2) is 0 Å². The van der Waals surface area contributed by atoms with Crippen molar-refractivity contribution in [2.45, 2.75) is 19.3 Å². The number of allylic oxidation sites excluding steroid dienone is 3. The lowest BCUT2D eigenvalue weighted by Gasteiger charge is -1.82. The van der Waals surface area contributed by atoms with E-state index in [0.717, 1.165) is 6.42 Å². The van der Waals surface area contributed by atoms with E-state index >= 15 is 0 Å². The molecule has 1 radical (unpaired) electrons. The van der Waals surface area contributed by atoms with Crippen molar-refractivity contribution in [1.29, 1.82) is 0 Å². The van der Waals surface area contributed by atoms with Gasteiger partial charge in [0.05, 0.1) is 0 Å². The van der Waals surface area contributed by atoms with Crippen LogP contribution in [0.3, 0.4) is 0 Å². The third kappa shape index (κ3) is 0.923. The Kier molecular flexibility index (Phi) is 1.30. The van der Waals surface area contributed by atoms with Crippen molar-refractivity contribution < 1.29 is 0 Å². The molecule has 0 saturated heterocycles.